The molecule has 2 N–H and O–H groups in total. The summed E-state index contributed by atoms with van der Waals surface area (Å²) in [5, 5.41) is 18.1. The molecule has 1 saturated heterocycles. The standard InChI is InChI=1S/C11H14N2O4/c14-6-8-7-17-5-4-13(8)10-3-1-2-9(12-10)11(15)16/h1-3,8,14H,4-7H2,(H,15,16). The Bertz CT molecular complexity index is 410. The number of anilines is 1. The van der Waals surface area contributed by atoms with E-state index in [2.05, 4.69) is 4.98 Å². The van der Waals surface area contributed by atoms with Crippen LogP contribution in [0.2, 0.25) is 0 Å². The van der Waals surface area contributed by atoms with E-state index in [1.165, 1.54) is 6.07 Å². The first-order chi connectivity index (χ1) is 8.22. The smallest absolute Gasteiger partial charge is 0.354 e. The van der Waals surface area contributed by atoms with E-state index < -0.39 is 5.97 Å². The van der Waals surface area contributed by atoms with E-state index in [1.807, 2.05) is 4.90 Å². The highest BCUT2D eigenvalue weighted by molar-refractivity contribution is 5.85. The molecule has 0 bridgehead atoms. The number of pyridine rings is 1. The molecule has 0 spiro atoms. The second-order valence-corrected chi connectivity index (χ2v) is 3.79. The van der Waals surface area contributed by atoms with Crippen molar-refractivity contribution in [1.29, 1.82) is 0 Å². The molecule has 0 radical (unpaired) electrons. The van der Waals surface area contributed by atoms with E-state index in [0.29, 0.717) is 25.6 Å². The number of aromatic nitrogens is 1. The van der Waals surface area contributed by atoms with Crippen molar-refractivity contribution in [3.63, 3.8) is 0 Å². The fraction of sp³-hybridized carbons (Fsp3) is 0.455. The van der Waals surface area contributed by atoms with Crippen molar-refractivity contribution < 1.29 is 19.7 Å². The maximum atomic E-state index is 10.8. The first kappa shape index (κ1) is 11.8. The van der Waals surface area contributed by atoms with E-state index in [4.69, 9.17) is 9.84 Å². The van der Waals surface area contributed by atoms with Gasteiger partial charge in [-0.25, -0.2) is 9.78 Å². The molecule has 0 amide bonds. The van der Waals surface area contributed by atoms with Gasteiger partial charge in [-0.3, -0.25) is 0 Å². The molecule has 2 heterocycles. The molecule has 0 aliphatic carbocycles. The number of carboxylic acid groups (broad SMARTS) is 1. The van der Waals surface area contributed by atoms with E-state index in [9.17, 15) is 9.90 Å². The number of carbonyl (C=O) groups is 1. The van der Waals surface area contributed by atoms with Crippen LogP contribution in [0.5, 0.6) is 0 Å². The van der Waals surface area contributed by atoms with Crippen LogP contribution in [0.1, 0.15) is 10.5 Å². The molecule has 1 atom stereocenters. The van der Waals surface area contributed by atoms with Crippen molar-refractivity contribution in [2.45, 2.75) is 6.04 Å². The molecule has 1 aliphatic heterocycles. The average molecular weight is 238 g/mol. The molecule has 2 rings (SSSR count). The zero-order chi connectivity index (χ0) is 12.3. The van der Waals surface area contributed by atoms with Gasteiger partial charge in [-0.2, -0.15) is 0 Å². The average Bonchev–Trinajstić information content (AvgIpc) is 2.39. The molecule has 17 heavy (non-hydrogen) atoms. The zero-order valence-corrected chi connectivity index (χ0v) is 9.24. The van der Waals surface area contributed by atoms with Gasteiger partial charge in [0, 0.05) is 6.54 Å². The number of aliphatic hydroxyl groups is 1. The Morgan fingerprint density at radius 3 is 3.12 bits per heavy atom. The van der Waals surface area contributed by atoms with Crippen LogP contribution < -0.4 is 4.90 Å². The molecule has 0 aromatic carbocycles. The fourth-order valence-corrected chi connectivity index (χ4v) is 1.81. The molecule has 6 heteroatoms. The fourth-order valence-electron chi connectivity index (χ4n) is 1.81. The van der Waals surface area contributed by atoms with Crippen molar-refractivity contribution in [1.82, 2.24) is 4.98 Å². The first-order valence-corrected chi connectivity index (χ1v) is 5.38. The Morgan fingerprint density at radius 1 is 1.59 bits per heavy atom. The Kier molecular flexibility index (Phi) is 3.55. The number of carboxylic acids is 1. The summed E-state index contributed by atoms with van der Waals surface area (Å²) < 4.78 is 5.26. The van der Waals surface area contributed by atoms with Gasteiger partial charge in [0.15, 0.2) is 5.69 Å². The van der Waals surface area contributed by atoms with Crippen molar-refractivity contribution in [2.24, 2.45) is 0 Å². The summed E-state index contributed by atoms with van der Waals surface area (Å²) in [6, 6.07) is 4.66. The summed E-state index contributed by atoms with van der Waals surface area (Å²) in [4.78, 5) is 16.8. The molecule has 0 saturated carbocycles. The summed E-state index contributed by atoms with van der Waals surface area (Å²) >= 11 is 0. The number of ether oxygens (including phenoxy) is 1. The topological polar surface area (TPSA) is 82.9 Å². The zero-order valence-electron chi connectivity index (χ0n) is 9.24. The number of hydrogen-bond acceptors (Lipinski definition) is 5. The summed E-state index contributed by atoms with van der Waals surface area (Å²) in [7, 11) is 0. The lowest BCUT2D eigenvalue weighted by Crippen LogP contribution is -2.48. The number of morpholine rings is 1. The van der Waals surface area contributed by atoms with Crippen molar-refractivity contribution in [2.75, 3.05) is 31.3 Å². The molecular weight excluding hydrogens is 224 g/mol. The SMILES string of the molecule is O=C(O)c1cccc(N2CCOCC2CO)n1. The number of aromatic carboxylic acids is 1. The van der Waals surface area contributed by atoms with E-state index in [0.717, 1.165) is 0 Å². The van der Waals surface area contributed by atoms with Crippen LogP contribution in [0, 0.1) is 0 Å². The summed E-state index contributed by atoms with van der Waals surface area (Å²) in [6.45, 7) is 1.53. The van der Waals surface area contributed by atoms with Crippen molar-refractivity contribution >= 4 is 11.8 Å². The Labute approximate surface area is 98.5 Å². The summed E-state index contributed by atoms with van der Waals surface area (Å²) in [5.41, 5.74) is 0.00526. The Hall–Kier alpha value is -1.66. The van der Waals surface area contributed by atoms with Crippen LogP contribution in [-0.2, 0) is 4.74 Å². The van der Waals surface area contributed by atoms with Gasteiger partial charge in [-0.15, -0.1) is 0 Å². The van der Waals surface area contributed by atoms with Gasteiger partial charge in [0.25, 0.3) is 0 Å². The van der Waals surface area contributed by atoms with Gasteiger partial charge in [0.2, 0.25) is 0 Å². The molecule has 1 aliphatic rings. The normalized spacial score (nSPS) is 20.3. The lowest BCUT2D eigenvalue weighted by Gasteiger charge is -2.35. The first-order valence-electron chi connectivity index (χ1n) is 5.38. The van der Waals surface area contributed by atoms with Crippen LogP contribution >= 0.6 is 0 Å². The number of hydrogen-bond donors (Lipinski definition) is 2. The van der Waals surface area contributed by atoms with Gasteiger partial charge in [0.1, 0.15) is 5.82 Å². The summed E-state index contributed by atoms with van der Waals surface area (Å²) in [6.07, 6.45) is 0. The largest absolute Gasteiger partial charge is 0.477 e. The number of aliphatic hydroxyl groups excluding tert-OH is 1. The maximum Gasteiger partial charge on any atom is 0.354 e. The summed E-state index contributed by atoms with van der Waals surface area (Å²) in [5.74, 6) is -0.493. The molecule has 92 valence electrons. The minimum absolute atomic E-state index is 0.00526. The molecular formula is C11H14N2O4. The van der Waals surface area contributed by atoms with Crippen LogP contribution in [0.3, 0.4) is 0 Å². The highest BCUT2D eigenvalue weighted by atomic mass is 16.5. The van der Waals surface area contributed by atoms with Gasteiger partial charge < -0.3 is 19.8 Å². The molecule has 1 fully saturated rings. The molecule has 1 aromatic heterocycles. The second kappa shape index (κ2) is 5.11. The Morgan fingerprint density at radius 2 is 2.41 bits per heavy atom. The maximum absolute atomic E-state index is 10.8. The van der Waals surface area contributed by atoms with Crippen molar-refractivity contribution in [3.05, 3.63) is 23.9 Å². The molecule has 6 nitrogen and oxygen atoms in total. The van der Waals surface area contributed by atoms with Gasteiger partial charge >= 0.3 is 5.97 Å². The lowest BCUT2D eigenvalue weighted by atomic mass is 10.2. The minimum atomic E-state index is -1.05. The van der Waals surface area contributed by atoms with E-state index >= 15 is 0 Å². The van der Waals surface area contributed by atoms with Crippen LogP contribution in [-0.4, -0.2) is 53.6 Å². The minimum Gasteiger partial charge on any atom is -0.477 e. The van der Waals surface area contributed by atoms with Crippen LogP contribution in [0.15, 0.2) is 18.2 Å². The third-order valence-corrected chi connectivity index (χ3v) is 2.69. The van der Waals surface area contributed by atoms with Crippen LogP contribution in [0.25, 0.3) is 0 Å². The third-order valence-electron chi connectivity index (χ3n) is 2.69. The third kappa shape index (κ3) is 2.54. The second-order valence-electron chi connectivity index (χ2n) is 3.79. The van der Waals surface area contributed by atoms with Gasteiger partial charge in [0.05, 0.1) is 25.9 Å². The van der Waals surface area contributed by atoms with Crippen LogP contribution in [0.4, 0.5) is 5.82 Å². The highest BCUT2D eigenvalue weighted by Crippen LogP contribution is 2.17. The van der Waals surface area contributed by atoms with Crippen molar-refractivity contribution in [3.8, 4) is 0 Å². The molecule has 1 unspecified atom stereocenters. The highest BCUT2D eigenvalue weighted by Gasteiger charge is 2.23. The van der Waals surface area contributed by atoms with Gasteiger partial charge in [-0.1, -0.05) is 6.07 Å². The molecule has 1 aromatic rings. The quantitative estimate of drug-likeness (QED) is 0.770. The number of rotatable bonds is 3. The van der Waals surface area contributed by atoms with E-state index in [1.54, 1.807) is 12.1 Å². The Balaban J connectivity index is 2.25. The van der Waals surface area contributed by atoms with E-state index in [-0.39, 0.29) is 18.3 Å². The van der Waals surface area contributed by atoms with Gasteiger partial charge in [-0.05, 0) is 12.1 Å². The lowest BCUT2D eigenvalue weighted by molar-refractivity contribution is 0.0688. The monoisotopic (exact) mass is 238 g/mol. The predicted octanol–water partition coefficient (Wildman–Crippen LogP) is -0.0227. The predicted molar refractivity (Wildman–Crippen MR) is 60.2 cm³/mol. The number of nitrogens with zero attached hydrogens (tertiary/aromatic N) is 2.